The summed E-state index contributed by atoms with van der Waals surface area (Å²) in [5, 5.41) is 2.87. The van der Waals surface area contributed by atoms with Gasteiger partial charge in [0.25, 0.3) is 11.8 Å². The Bertz CT molecular complexity index is 995. The average molecular weight is 394 g/mol. The number of benzene rings is 1. The van der Waals surface area contributed by atoms with Crippen molar-refractivity contribution in [3.05, 3.63) is 65.7 Å². The number of methoxy groups -OCH3 is 1. The Morgan fingerprint density at radius 2 is 1.93 bits per heavy atom. The summed E-state index contributed by atoms with van der Waals surface area (Å²) in [7, 11) is 3.37. The van der Waals surface area contributed by atoms with Gasteiger partial charge in [0.1, 0.15) is 5.75 Å². The lowest BCUT2D eigenvalue weighted by Gasteiger charge is -2.15. The molecule has 0 bridgehead atoms. The van der Waals surface area contributed by atoms with Crippen molar-refractivity contribution in [3.63, 3.8) is 0 Å². The van der Waals surface area contributed by atoms with Crippen molar-refractivity contribution in [1.82, 2.24) is 19.6 Å². The molecule has 0 unspecified atom stereocenters. The number of imidazole rings is 1. The van der Waals surface area contributed by atoms with Crippen LogP contribution in [-0.4, -0.2) is 46.8 Å². The van der Waals surface area contributed by atoms with E-state index in [0.717, 1.165) is 24.2 Å². The first-order valence-electron chi connectivity index (χ1n) is 9.68. The fourth-order valence-electron chi connectivity index (χ4n) is 3.04. The molecule has 0 saturated carbocycles. The molecule has 2 amide bonds. The van der Waals surface area contributed by atoms with Crippen LogP contribution >= 0.6 is 0 Å². The summed E-state index contributed by atoms with van der Waals surface area (Å²) < 4.78 is 6.80. The van der Waals surface area contributed by atoms with Gasteiger partial charge in [0.2, 0.25) is 5.82 Å². The van der Waals surface area contributed by atoms with Crippen LogP contribution in [0.25, 0.3) is 5.52 Å². The summed E-state index contributed by atoms with van der Waals surface area (Å²) in [5.41, 5.74) is 1.85. The molecule has 7 nitrogen and oxygen atoms in total. The predicted octanol–water partition coefficient (Wildman–Crippen LogP) is 3.15. The van der Waals surface area contributed by atoms with Crippen molar-refractivity contribution in [2.24, 2.45) is 0 Å². The van der Waals surface area contributed by atoms with E-state index in [-0.39, 0.29) is 17.6 Å². The van der Waals surface area contributed by atoms with Crippen molar-refractivity contribution in [1.29, 1.82) is 0 Å². The van der Waals surface area contributed by atoms with Gasteiger partial charge in [-0.1, -0.05) is 31.5 Å². The van der Waals surface area contributed by atoms with Crippen molar-refractivity contribution < 1.29 is 14.3 Å². The lowest BCUT2D eigenvalue weighted by atomic mass is 10.2. The van der Waals surface area contributed by atoms with Crippen molar-refractivity contribution in [3.8, 4) is 5.75 Å². The van der Waals surface area contributed by atoms with E-state index in [2.05, 4.69) is 17.2 Å². The summed E-state index contributed by atoms with van der Waals surface area (Å²) >= 11 is 0. The SMILES string of the molecule is CCCCN(C)C(=O)c1nc(C(=O)NCc2ccc(OC)cc2)n2ccccc12. The normalized spacial score (nSPS) is 10.7. The standard InChI is InChI=1S/C22H26N4O3/c1-4-5-13-25(2)22(28)19-18-8-6-7-14-26(18)20(24-19)21(27)23-15-16-9-11-17(29-3)12-10-16/h6-12,14H,4-5,13,15H2,1-3H3,(H,23,27). The average Bonchev–Trinajstić information content (AvgIpc) is 3.15. The highest BCUT2D eigenvalue weighted by molar-refractivity contribution is 6.02. The lowest BCUT2D eigenvalue weighted by molar-refractivity contribution is 0.0790. The predicted molar refractivity (Wildman–Crippen MR) is 111 cm³/mol. The molecule has 7 heteroatoms. The topological polar surface area (TPSA) is 75.9 Å². The van der Waals surface area contributed by atoms with Gasteiger partial charge in [-0.25, -0.2) is 4.98 Å². The molecule has 0 spiro atoms. The third-order valence-electron chi connectivity index (χ3n) is 4.76. The number of unbranched alkanes of at least 4 members (excludes halogenated alkanes) is 1. The Hall–Kier alpha value is -3.35. The van der Waals surface area contributed by atoms with Gasteiger partial charge in [0, 0.05) is 26.3 Å². The molecule has 0 aliphatic rings. The number of carbonyl (C=O) groups is 2. The molecule has 0 aliphatic carbocycles. The summed E-state index contributed by atoms with van der Waals surface area (Å²) in [6, 6.07) is 12.9. The molecular weight excluding hydrogens is 368 g/mol. The van der Waals surface area contributed by atoms with Gasteiger partial charge in [-0.15, -0.1) is 0 Å². The number of nitrogens with zero attached hydrogens (tertiary/aromatic N) is 3. The monoisotopic (exact) mass is 394 g/mol. The van der Waals surface area contributed by atoms with Crippen LogP contribution in [0.4, 0.5) is 0 Å². The Balaban J connectivity index is 1.81. The maximum absolute atomic E-state index is 12.8. The summed E-state index contributed by atoms with van der Waals surface area (Å²) in [6.07, 6.45) is 3.66. The number of aromatic nitrogens is 2. The molecule has 152 valence electrons. The third-order valence-corrected chi connectivity index (χ3v) is 4.76. The second-order valence-electron chi connectivity index (χ2n) is 6.85. The summed E-state index contributed by atoms with van der Waals surface area (Å²) in [5.74, 6) is 0.435. The minimum atomic E-state index is -0.336. The number of hydrogen-bond donors (Lipinski definition) is 1. The molecule has 0 atom stereocenters. The van der Waals surface area contributed by atoms with Crippen LogP contribution in [0.5, 0.6) is 5.75 Å². The van der Waals surface area contributed by atoms with Gasteiger partial charge in [-0.05, 0) is 36.2 Å². The maximum Gasteiger partial charge on any atom is 0.287 e. The minimum Gasteiger partial charge on any atom is -0.497 e. The van der Waals surface area contributed by atoms with Crippen LogP contribution in [0.15, 0.2) is 48.7 Å². The molecule has 1 aromatic carbocycles. The quantitative estimate of drug-likeness (QED) is 0.637. The first kappa shape index (κ1) is 20.4. The Morgan fingerprint density at radius 1 is 1.17 bits per heavy atom. The molecule has 1 N–H and O–H groups in total. The Labute approximate surface area is 170 Å². The van der Waals surface area contributed by atoms with Crippen molar-refractivity contribution in [2.75, 3.05) is 20.7 Å². The van der Waals surface area contributed by atoms with E-state index >= 15 is 0 Å². The summed E-state index contributed by atoms with van der Waals surface area (Å²) in [6.45, 7) is 3.08. The first-order chi connectivity index (χ1) is 14.0. The van der Waals surface area contributed by atoms with Crippen LogP contribution in [0, 0.1) is 0 Å². The largest absolute Gasteiger partial charge is 0.497 e. The molecule has 0 saturated heterocycles. The molecule has 0 radical (unpaired) electrons. The number of amides is 2. The lowest BCUT2D eigenvalue weighted by Crippen LogP contribution is -2.28. The first-order valence-corrected chi connectivity index (χ1v) is 9.68. The number of ether oxygens (including phenoxy) is 1. The van der Waals surface area contributed by atoms with Crippen LogP contribution in [0.1, 0.15) is 46.4 Å². The molecule has 29 heavy (non-hydrogen) atoms. The fourth-order valence-corrected chi connectivity index (χ4v) is 3.04. The van der Waals surface area contributed by atoms with Crippen LogP contribution in [0.2, 0.25) is 0 Å². The third kappa shape index (κ3) is 4.56. The minimum absolute atomic E-state index is 0.184. The zero-order chi connectivity index (χ0) is 20.8. The maximum atomic E-state index is 12.8. The highest BCUT2D eigenvalue weighted by Gasteiger charge is 2.23. The number of nitrogens with one attached hydrogen (secondary N) is 1. The number of hydrogen-bond acceptors (Lipinski definition) is 4. The van der Waals surface area contributed by atoms with E-state index in [1.54, 1.807) is 35.7 Å². The summed E-state index contributed by atoms with van der Waals surface area (Å²) in [4.78, 5) is 31.7. The van der Waals surface area contributed by atoms with E-state index in [1.165, 1.54) is 0 Å². The second kappa shape index (κ2) is 9.23. The van der Waals surface area contributed by atoms with Gasteiger partial charge in [0.05, 0.1) is 12.6 Å². The van der Waals surface area contributed by atoms with Gasteiger partial charge < -0.3 is 15.0 Å². The molecule has 0 aliphatic heterocycles. The highest BCUT2D eigenvalue weighted by atomic mass is 16.5. The Kier molecular flexibility index (Phi) is 6.49. The van der Waals surface area contributed by atoms with Crippen LogP contribution in [0.3, 0.4) is 0 Å². The molecular formula is C22H26N4O3. The number of carbonyl (C=O) groups excluding carboxylic acids is 2. The highest BCUT2D eigenvalue weighted by Crippen LogP contribution is 2.16. The molecule has 3 aromatic rings. The second-order valence-corrected chi connectivity index (χ2v) is 6.85. The van der Waals surface area contributed by atoms with Crippen molar-refractivity contribution in [2.45, 2.75) is 26.3 Å². The van der Waals surface area contributed by atoms with E-state index < -0.39 is 0 Å². The zero-order valence-electron chi connectivity index (χ0n) is 17.0. The molecule has 2 aromatic heterocycles. The molecule has 2 heterocycles. The molecule has 0 fully saturated rings. The van der Waals surface area contributed by atoms with Crippen LogP contribution in [-0.2, 0) is 6.54 Å². The number of rotatable bonds is 8. The van der Waals surface area contributed by atoms with E-state index in [1.807, 2.05) is 36.4 Å². The zero-order valence-corrected chi connectivity index (χ0v) is 17.0. The van der Waals surface area contributed by atoms with E-state index in [0.29, 0.717) is 24.3 Å². The smallest absolute Gasteiger partial charge is 0.287 e. The number of pyridine rings is 1. The van der Waals surface area contributed by atoms with Crippen molar-refractivity contribution >= 4 is 17.3 Å². The number of fused-ring (bicyclic) bond motifs is 1. The van der Waals surface area contributed by atoms with Gasteiger partial charge in [-0.3, -0.25) is 14.0 Å². The Morgan fingerprint density at radius 3 is 2.62 bits per heavy atom. The van der Waals surface area contributed by atoms with Crippen LogP contribution < -0.4 is 10.1 Å². The van der Waals surface area contributed by atoms with E-state index in [9.17, 15) is 9.59 Å². The molecule has 3 rings (SSSR count). The van der Waals surface area contributed by atoms with Gasteiger partial charge >= 0.3 is 0 Å². The van der Waals surface area contributed by atoms with E-state index in [4.69, 9.17) is 4.74 Å². The van der Waals surface area contributed by atoms with Gasteiger partial charge in [-0.2, -0.15) is 0 Å². The van der Waals surface area contributed by atoms with Gasteiger partial charge in [0.15, 0.2) is 5.69 Å². The fraction of sp³-hybridized carbons (Fsp3) is 0.318.